The van der Waals surface area contributed by atoms with Crippen molar-refractivity contribution in [2.75, 3.05) is 11.5 Å². The largest absolute Gasteiger partial charge is 0.352 e. The Morgan fingerprint density at radius 3 is 2.71 bits per heavy atom. The van der Waals surface area contributed by atoms with E-state index in [9.17, 15) is 4.79 Å². The average molecular weight is 346 g/mol. The lowest BCUT2D eigenvalue weighted by Crippen LogP contribution is -2.44. The topological polar surface area (TPSA) is 54.9 Å². The fraction of sp³-hybridized carbons (Fsp3) is 0.786. The number of carbonyl (C=O) groups is 1. The van der Waals surface area contributed by atoms with Crippen LogP contribution in [-0.4, -0.2) is 33.7 Å². The number of hydrogen-bond acceptors (Lipinski definition) is 6. The van der Waals surface area contributed by atoms with Gasteiger partial charge in [0, 0.05) is 6.04 Å². The molecule has 0 radical (unpaired) electrons. The van der Waals surface area contributed by atoms with Crippen molar-refractivity contribution >= 4 is 40.8 Å². The summed E-state index contributed by atoms with van der Waals surface area (Å²) in [7, 11) is 0. The number of thioether (sulfide) groups is 2. The summed E-state index contributed by atoms with van der Waals surface area (Å²) in [4.78, 5) is 12.1. The molecule has 7 heteroatoms. The molecule has 1 N–H and O–H groups in total. The Hall–Kier alpha value is -0.270. The second-order valence-corrected chi connectivity index (χ2v) is 9.21. The molecule has 3 atom stereocenters. The van der Waals surface area contributed by atoms with Crippen LogP contribution < -0.4 is 5.32 Å². The Bertz CT molecular complexity index is 466. The van der Waals surface area contributed by atoms with Crippen LogP contribution in [0.5, 0.6) is 0 Å². The highest BCUT2D eigenvalue weighted by molar-refractivity contribution is 8.03. The van der Waals surface area contributed by atoms with Gasteiger partial charge in [0.15, 0.2) is 8.68 Å². The highest BCUT2D eigenvalue weighted by Gasteiger charge is 2.28. The van der Waals surface area contributed by atoms with Crippen LogP contribution in [0.1, 0.15) is 40.0 Å². The van der Waals surface area contributed by atoms with E-state index < -0.39 is 0 Å². The van der Waals surface area contributed by atoms with Gasteiger partial charge in [0.1, 0.15) is 0 Å². The molecule has 0 spiro atoms. The molecule has 1 heterocycles. The smallest absolute Gasteiger partial charge is 0.230 e. The van der Waals surface area contributed by atoms with Gasteiger partial charge in [-0.2, -0.15) is 0 Å². The van der Waals surface area contributed by atoms with Crippen molar-refractivity contribution in [2.24, 2.45) is 11.8 Å². The molecule has 4 nitrogen and oxygen atoms in total. The number of rotatable bonds is 6. The van der Waals surface area contributed by atoms with E-state index in [4.69, 9.17) is 0 Å². The molecule has 1 amide bonds. The fourth-order valence-electron chi connectivity index (χ4n) is 2.60. The summed E-state index contributed by atoms with van der Waals surface area (Å²) in [5.41, 5.74) is 0. The maximum Gasteiger partial charge on any atom is 0.230 e. The molecule has 0 unspecified atom stereocenters. The van der Waals surface area contributed by atoms with Crippen molar-refractivity contribution < 1.29 is 4.79 Å². The summed E-state index contributed by atoms with van der Waals surface area (Å²) in [5.74, 6) is 2.82. The first-order valence-corrected chi connectivity index (χ1v) is 10.3. The highest BCUT2D eigenvalue weighted by Crippen LogP contribution is 2.30. The first-order valence-electron chi connectivity index (χ1n) is 7.48. The zero-order chi connectivity index (χ0) is 15.2. The van der Waals surface area contributed by atoms with Gasteiger partial charge in [0.05, 0.1) is 5.75 Å². The van der Waals surface area contributed by atoms with Crippen molar-refractivity contribution in [3.8, 4) is 0 Å². The van der Waals surface area contributed by atoms with E-state index in [2.05, 4.69) is 36.3 Å². The van der Waals surface area contributed by atoms with Crippen molar-refractivity contribution in [3.63, 3.8) is 0 Å². The van der Waals surface area contributed by atoms with Gasteiger partial charge in [-0.05, 0) is 24.0 Å². The maximum atomic E-state index is 12.1. The maximum absolute atomic E-state index is 12.1. The minimum atomic E-state index is 0.117. The van der Waals surface area contributed by atoms with Gasteiger partial charge in [0.25, 0.3) is 0 Å². The molecule has 0 saturated heterocycles. The lowest BCUT2D eigenvalue weighted by Gasteiger charge is -2.34. The van der Waals surface area contributed by atoms with Gasteiger partial charge >= 0.3 is 0 Å². The average Bonchev–Trinajstić information content (AvgIpc) is 2.90. The quantitative estimate of drug-likeness (QED) is 0.797. The molecule has 118 valence electrons. The number of amides is 1. The van der Waals surface area contributed by atoms with Crippen molar-refractivity contribution in [3.05, 3.63) is 0 Å². The summed E-state index contributed by atoms with van der Waals surface area (Å²) in [5, 5.41) is 11.4. The standard InChI is InChI=1S/C14H23N3OS3/c1-4-19-13-16-17-14(21-13)20-8-12(18)15-11-7-5-6-9(2)10(11)3/h9-11H,4-8H2,1-3H3,(H,15,18)/t9-,10+,11+/m0/s1. The zero-order valence-corrected chi connectivity index (χ0v) is 15.2. The van der Waals surface area contributed by atoms with Crippen LogP contribution in [0.4, 0.5) is 0 Å². The molecule has 2 rings (SSSR count). The summed E-state index contributed by atoms with van der Waals surface area (Å²) in [6.45, 7) is 6.63. The highest BCUT2D eigenvalue weighted by atomic mass is 32.2. The number of nitrogens with one attached hydrogen (secondary N) is 1. The van der Waals surface area contributed by atoms with E-state index in [1.54, 1.807) is 23.1 Å². The zero-order valence-electron chi connectivity index (χ0n) is 12.8. The van der Waals surface area contributed by atoms with E-state index in [-0.39, 0.29) is 5.91 Å². The SMILES string of the molecule is CCSc1nnc(SCC(=O)N[C@@H]2CCC[C@H](C)[C@H]2C)s1. The molecule has 0 bridgehead atoms. The predicted octanol–water partition coefficient (Wildman–Crippen LogP) is 3.68. The molecule has 1 aliphatic carbocycles. The minimum absolute atomic E-state index is 0.117. The Labute approximate surface area is 139 Å². The van der Waals surface area contributed by atoms with Crippen LogP contribution in [0.3, 0.4) is 0 Å². The summed E-state index contributed by atoms with van der Waals surface area (Å²) >= 11 is 4.75. The predicted molar refractivity (Wildman–Crippen MR) is 91.1 cm³/mol. The molecular weight excluding hydrogens is 322 g/mol. The number of aromatic nitrogens is 2. The number of hydrogen-bond donors (Lipinski definition) is 1. The second-order valence-electron chi connectivity index (χ2n) is 5.50. The van der Waals surface area contributed by atoms with Gasteiger partial charge in [-0.25, -0.2) is 0 Å². The first kappa shape index (κ1) is 17.1. The van der Waals surface area contributed by atoms with Crippen molar-refractivity contribution in [1.29, 1.82) is 0 Å². The Kier molecular flexibility index (Phi) is 6.82. The van der Waals surface area contributed by atoms with E-state index in [0.29, 0.717) is 23.6 Å². The third kappa shape index (κ3) is 5.14. The van der Waals surface area contributed by atoms with Crippen LogP contribution in [0.25, 0.3) is 0 Å². The molecular formula is C14H23N3OS3. The normalized spacial score (nSPS) is 25.8. The molecule has 1 saturated carbocycles. The lowest BCUT2D eigenvalue weighted by atomic mass is 9.78. The lowest BCUT2D eigenvalue weighted by molar-refractivity contribution is -0.119. The van der Waals surface area contributed by atoms with Crippen molar-refractivity contribution in [1.82, 2.24) is 15.5 Å². The minimum Gasteiger partial charge on any atom is -0.352 e. The first-order chi connectivity index (χ1) is 10.1. The summed E-state index contributed by atoms with van der Waals surface area (Å²) in [6, 6.07) is 0.336. The fourth-order valence-corrected chi connectivity index (χ4v) is 5.33. The van der Waals surface area contributed by atoms with Gasteiger partial charge in [0.2, 0.25) is 5.91 Å². The van der Waals surface area contributed by atoms with E-state index in [1.165, 1.54) is 24.6 Å². The van der Waals surface area contributed by atoms with Crippen LogP contribution in [0, 0.1) is 11.8 Å². The summed E-state index contributed by atoms with van der Waals surface area (Å²) in [6.07, 6.45) is 3.61. The molecule has 1 aromatic rings. The van der Waals surface area contributed by atoms with Gasteiger partial charge < -0.3 is 5.32 Å². The second kappa shape index (κ2) is 8.39. The van der Waals surface area contributed by atoms with Crippen LogP contribution >= 0.6 is 34.9 Å². The summed E-state index contributed by atoms with van der Waals surface area (Å²) < 4.78 is 1.86. The third-order valence-corrected chi connectivity index (χ3v) is 7.11. The molecule has 1 aliphatic rings. The molecule has 21 heavy (non-hydrogen) atoms. The van der Waals surface area contributed by atoms with Gasteiger partial charge in [-0.3, -0.25) is 4.79 Å². The Morgan fingerprint density at radius 2 is 2.00 bits per heavy atom. The van der Waals surface area contributed by atoms with E-state index >= 15 is 0 Å². The Balaban J connectivity index is 1.76. The van der Waals surface area contributed by atoms with Gasteiger partial charge in [-0.15, -0.1) is 10.2 Å². The molecule has 0 aliphatic heterocycles. The van der Waals surface area contributed by atoms with E-state index in [1.807, 2.05) is 0 Å². The van der Waals surface area contributed by atoms with Crippen LogP contribution in [0.2, 0.25) is 0 Å². The Morgan fingerprint density at radius 1 is 1.29 bits per heavy atom. The molecule has 0 aromatic carbocycles. The number of carbonyl (C=O) groups excluding carboxylic acids is 1. The van der Waals surface area contributed by atoms with Gasteiger partial charge in [-0.1, -0.05) is 68.5 Å². The monoisotopic (exact) mass is 345 g/mol. The van der Waals surface area contributed by atoms with E-state index in [0.717, 1.165) is 20.9 Å². The third-order valence-electron chi connectivity index (χ3n) is 4.04. The molecule has 1 fully saturated rings. The molecule has 1 aromatic heterocycles. The van der Waals surface area contributed by atoms with Crippen molar-refractivity contribution in [2.45, 2.75) is 54.8 Å². The number of nitrogens with zero attached hydrogens (tertiary/aromatic N) is 2. The van der Waals surface area contributed by atoms with Crippen LogP contribution in [-0.2, 0) is 4.79 Å². The van der Waals surface area contributed by atoms with Crippen LogP contribution in [0.15, 0.2) is 8.68 Å².